The van der Waals surface area contributed by atoms with Crippen molar-refractivity contribution in [3.05, 3.63) is 65.4 Å². The maximum absolute atomic E-state index is 12.1. The van der Waals surface area contributed by atoms with Crippen LogP contribution in [0.1, 0.15) is 67.0 Å². The summed E-state index contributed by atoms with van der Waals surface area (Å²) < 4.78 is 6.01. The SMILES string of the molecule is Cc1ncccc1OCCN(CCCCc1ccc2c(n1)NCCC2)CCC(Nc1ncc(C2CC2)cn1)C(=O)O. The first-order valence-electron chi connectivity index (χ1n) is 14.9. The fourth-order valence-corrected chi connectivity index (χ4v) is 5.16. The predicted octanol–water partition coefficient (Wildman–Crippen LogP) is 4.47. The van der Waals surface area contributed by atoms with Crippen LogP contribution in [0.5, 0.6) is 5.75 Å². The minimum absolute atomic E-state index is 0.357. The van der Waals surface area contributed by atoms with Crippen molar-refractivity contribution in [1.82, 2.24) is 24.8 Å². The Morgan fingerprint density at radius 3 is 2.78 bits per heavy atom. The van der Waals surface area contributed by atoms with Crippen molar-refractivity contribution in [1.29, 1.82) is 0 Å². The molecular formula is C31H41N7O3. The van der Waals surface area contributed by atoms with Gasteiger partial charge in [-0.25, -0.2) is 19.7 Å². The molecule has 4 heterocycles. The number of aryl methyl sites for hydroxylation is 3. The van der Waals surface area contributed by atoms with Gasteiger partial charge in [0.1, 0.15) is 24.2 Å². The van der Waals surface area contributed by atoms with E-state index in [0.29, 0.717) is 38.0 Å². The largest absolute Gasteiger partial charge is 0.490 e. The third kappa shape index (κ3) is 8.60. The summed E-state index contributed by atoms with van der Waals surface area (Å²) in [7, 11) is 0. The lowest BCUT2D eigenvalue weighted by Gasteiger charge is -2.24. The Balaban J connectivity index is 1.14. The van der Waals surface area contributed by atoms with E-state index in [0.717, 1.165) is 73.7 Å². The minimum atomic E-state index is -0.908. The van der Waals surface area contributed by atoms with Crippen LogP contribution in [0.2, 0.25) is 0 Å². The fraction of sp³-hybridized carbons (Fsp3) is 0.516. The molecule has 0 bridgehead atoms. The number of ether oxygens (including phenoxy) is 1. The zero-order chi connectivity index (χ0) is 28.4. The third-order valence-electron chi connectivity index (χ3n) is 7.79. The number of carboxylic acid groups (broad SMARTS) is 1. The van der Waals surface area contributed by atoms with Gasteiger partial charge in [-0.3, -0.25) is 9.88 Å². The van der Waals surface area contributed by atoms with Crippen molar-refractivity contribution in [3.63, 3.8) is 0 Å². The van der Waals surface area contributed by atoms with Crippen molar-refractivity contribution < 1.29 is 14.6 Å². The lowest BCUT2D eigenvalue weighted by atomic mass is 10.1. The number of pyridine rings is 2. The normalized spacial score (nSPS) is 15.2. The highest BCUT2D eigenvalue weighted by molar-refractivity contribution is 5.76. The second-order valence-electron chi connectivity index (χ2n) is 11.0. The van der Waals surface area contributed by atoms with Gasteiger partial charge in [-0.05, 0) is 100 Å². The molecule has 0 saturated heterocycles. The molecule has 0 spiro atoms. The van der Waals surface area contributed by atoms with Gasteiger partial charge in [0.05, 0.1) is 5.69 Å². The monoisotopic (exact) mass is 559 g/mol. The summed E-state index contributed by atoms with van der Waals surface area (Å²) in [4.78, 5) is 32.2. The van der Waals surface area contributed by atoms with Crippen LogP contribution in [0.25, 0.3) is 0 Å². The lowest BCUT2D eigenvalue weighted by molar-refractivity contribution is -0.138. The first-order valence-corrected chi connectivity index (χ1v) is 14.9. The van der Waals surface area contributed by atoms with Crippen LogP contribution in [-0.2, 0) is 17.6 Å². The number of aliphatic carboxylic acids is 1. The molecule has 10 nitrogen and oxygen atoms in total. The maximum Gasteiger partial charge on any atom is 0.326 e. The van der Waals surface area contributed by atoms with Gasteiger partial charge in [-0.2, -0.15) is 0 Å². The molecule has 1 aliphatic carbocycles. The molecule has 0 amide bonds. The van der Waals surface area contributed by atoms with Crippen LogP contribution in [0, 0.1) is 6.92 Å². The number of nitrogens with one attached hydrogen (secondary N) is 2. The highest BCUT2D eigenvalue weighted by Gasteiger charge is 2.25. The number of fused-ring (bicyclic) bond motifs is 1. The van der Waals surface area contributed by atoms with E-state index >= 15 is 0 Å². The second-order valence-corrected chi connectivity index (χ2v) is 11.0. The fourth-order valence-electron chi connectivity index (χ4n) is 5.16. The molecular weight excluding hydrogens is 518 g/mol. The van der Waals surface area contributed by atoms with Crippen LogP contribution < -0.4 is 15.4 Å². The van der Waals surface area contributed by atoms with Gasteiger partial charge >= 0.3 is 5.97 Å². The van der Waals surface area contributed by atoms with Gasteiger partial charge in [0.15, 0.2) is 0 Å². The van der Waals surface area contributed by atoms with E-state index < -0.39 is 12.0 Å². The first-order chi connectivity index (χ1) is 20.0. The quantitative estimate of drug-likeness (QED) is 0.216. The van der Waals surface area contributed by atoms with E-state index in [1.54, 1.807) is 6.20 Å². The van der Waals surface area contributed by atoms with Crippen LogP contribution in [0.4, 0.5) is 11.8 Å². The van der Waals surface area contributed by atoms with Crippen molar-refractivity contribution >= 4 is 17.7 Å². The first kappa shape index (κ1) is 28.7. The molecule has 3 aromatic heterocycles. The molecule has 1 fully saturated rings. The molecule has 218 valence electrons. The van der Waals surface area contributed by atoms with Crippen molar-refractivity contribution in [2.24, 2.45) is 0 Å². The van der Waals surface area contributed by atoms with Crippen LogP contribution in [-0.4, -0.2) is 74.7 Å². The van der Waals surface area contributed by atoms with E-state index in [-0.39, 0.29) is 0 Å². The Morgan fingerprint density at radius 2 is 2.00 bits per heavy atom. The number of carbonyl (C=O) groups is 1. The zero-order valence-corrected chi connectivity index (χ0v) is 23.9. The summed E-state index contributed by atoms with van der Waals surface area (Å²) in [5.74, 6) is 1.82. The van der Waals surface area contributed by atoms with Gasteiger partial charge in [0, 0.05) is 43.9 Å². The van der Waals surface area contributed by atoms with Gasteiger partial charge in [0.25, 0.3) is 0 Å². The molecule has 1 unspecified atom stereocenters. The van der Waals surface area contributed by atoms with Crippen LogP contribution in [0.3, 0.4) is 0 Å². The van der Waals surface area contributed by atoms with Gasteiger partial charge in [0.2, 0.25) is 5.95 Å². The molecule has 3 N–H and O–H groups in total. The molecule has 1 saturated carbocycles. The number of unbranched alkanes of at least 4 members (excludes halogenated alkanes) is 1. The van der Waals surface area contributed by atoms with E-state index in [9.17, 15) is 9.90 Å². The Labute approximate surface area is 242 Å². The molecule has 5 rings (SSSR count). The smallest absolute Gasteiger partial charge is 0.326 e. The van der Waals surface area contributed by atoms with E-state index in [1.807, 2.05) is 31.5 Å². The Kier molecular flexibility index (Phi) is 9.96. The average molecular weight is 560 g/mol. The topological polar surface area (TPSA) is 125 Å². The zero-order valence-electron chi connectivity index (χ0n) is 23.9. The minimum Gasteiger partial charge on any atom is -0.490 e. The summed E-state index contributed by atoms with van der Waals surface area (Å²) in [6, 6.07) is 7.36. The van der Waals surface area contributed by atoms with Gasteiger partial charge in [-0.1, -0.05) is 6.07 Å². The van der Waals surface area contributed by atoms with E-state index in [4.69, 9.17) is 9.72 Å². The summed E-state index contributed by atoms with van der Waals surface area (Å²) in [6.07, 6.45) is 13.3. The van der Waals surface area contributed by atoms with Crippen LogP contribution >= 0.6 is 0 Å². The third-order valence-corrected chi connectivity index (χ3v) is 7.79. The highest BCUT2D eigenvalue weighted by Crippen LogP contribution is 2.39. The van der Waals surface area contributed by atoms with E-state index in [2.05, 4.69) is 42.6 Å². The molecule has 0 aromatic carbocycles. The average Bonchev–Trinajstić information content (AvgIpc) is 3.84. The Morgan fingerprint density at radius 1 is 1.15 bits per heavy atom. The summed E-state index contributed by atoms with van der Waals surface area (Å²) >= 11 is 0. The Bertz CT molecular complexity index is 1280. The molecule has 2 aliphatic rings. The summed E-state index contributed by atoms with van der Waals surface area (Å²) in [6.45, 7) is 5.57. The Hall–Kier alpha value is -3.79. The molecule has 1 atom stereocenters. The molecule has 41 heavy (non-hydrogen) atoms. The second kappa shape index (κ2) is 14.2. The number of hydrogen-bond acceptors (Lipinski definition) is 9. The number of aromatic nitrogens is 4. The predicted molar refractivity (Wildman–Crippen MR) is 159 cm³/mol. The lowest BCUT2D eigenvalue weighted by Crippen LogP contribution is -2.37. The number of rotatable bonds is 16. The van der Waals surface area contributed by atoms with Crippen molar-refractivity contribution in [3.8, 4) is 5.75 Å². The molecule has 0 radical (unpaired) electrons. The summed E-state index contributed by atoms with van der Waals surface area (Å²) in [5, 5.41) is 16.3. The highest BCUT2D eigenvalue weighted by atomic mass is 16.5. The molecule has 1 aliphatic heterocycles. The van der Waals surface area contributed by atoms with Gasteiger partial charge in [-0.15, -0.1) is 0 Å². The number of carboxylic acids is 1. The standard InChI is InChI=1S/C31H41N7O3/c1-22-28(8-5-14-32-22)41-19-18-38(16-3-2-7-26-12-11-24-6-4-15-33-29(24)36-26)17-13-27(30(39)40)37-31-34-20-25(21-35-31)23-9-10-23/h5,8,11-12,14,20-21,23,27H,2-4,6-7,9-10,13,15-19H2,1H3,(H,33,36)(H,39,40)(H,34,35,37). The van der Waals surface area contributed by atoms with Crippen molar-refractivity contribution in [2.75, 3.05) is 43.4 Å². The molecule has 10 heteroatoms. The van der Waals surface area contributed by atoms with Crippen molar-refractivity contribution in [2.45, 2.75) is 70.3 Å². The number of anilines is 2. The number of nitrogens with zero attached hydrogens (tertiary/aromatic N) is 5. The molecule has 3 aromatic rings. The van der Waals surface area contributed by atoms with E-state index in [1.165, 1.54) is 18.4 Å². The van der Waals surface area contributed by atoms with Gasteiger partial charge < -0.3 is 20.5 Å². The maximum atomic E-state index is 12.1. The van der Waals surface area contributed by atoms with Crippen LogP contribution in [0.15, 0.2) is 42.9 Å². The summed E-state index contributed by atoms with van der Waals surface area (Å²) in [5.41, 5.74) is 4.40. The number of hydrogen-bond donors (Lipinski definition) is 3.